The van der Waals surface area contributed by atoms with Gasteiger partial charge in [-0.3, -0.25) is 14.4 Å². The van der Waals surface area contributed by atoms with Gasteiger partial charge in [-0.05, 0) is 50.5 Å². The molecule has 3 rings (SSSR count). The van der Waals surface area contributed by atoms with Crippen molar-refractivity contribution < 1.29 is 14.4 Å². The van der Waals surface area contributed by atoms with Gasteiger partial charge in [-0.15, -0.1) is 0 Å². The van der Waals surface area contributed by atoms with Crippen molar-refractivity contribution in [3.63, 3.8) is 0 Å². The number of anilines is 1. The minimum atomic E-state index is -0.711. The Balaban J connectivity index is 1.86. The average Bonchev–Trinajstić information content (AvgIpc) is 2.97. The van der Waals surface area contributed by atoms with E-state index in [0.29, 0.717) is 10.7 Å². The third kappa shape index (κ3) is 4.03. The predicted molar refractivity (Wildman–Crippen MR) is 106 cm³/mol. The first-order valence-corrected chi connectivity index (χ1v) is 10.3. The number of halogens is 1. The molecule has 5 nitrogen and oxygen atoms in total. The molecule has 1 aliphatic heterocycles. The monoisotopic (exact) mass is 390 g/mol. The number of imide groups is 1. The van der Waals surface area contributed by atoms with Crippen LogP contribution in [0.5, 0.6) is 0 Å². The van der Waals surface area contributed by atoms with Crippen molar-refractivity contribution in [3.05, 3.63) is 29.3 Å². The highest BCUT2D eigenvalue weighted by Crippen LogP contribution is 2.32. The molecule has 27 heavy (non-hydrogen) atoms. The molecule has 1 heterocycles. The van der Waals surface area contributed by atoms with Crippen LogP contribution < -0.4 is 4.90 Å². The van der Waals surface area contributed by atoms with Crippen LogP contribution in [0.1, 0.15) is 58.8 Å². The smallest absolute Gasteiger partial charge is 0.257 e. The molecule has 2 aliphatic rings. The number of carbonyl (C=O) groups excluding carboxylic acids is 3. The van der Waals surface area contributed by atoms with Gasteiger partial charge in [0.2, 0.25) is 11.8 Å². The highest BCUT2D eigenvalue weighted by atomic mass is 35.5. The number of hydrogen-bond donors (Lipinski definition) is 0. The standard InChI is InChI=1S/C21H27ClN2O3/c1-3-14(2)23(20(26)15-7-5-4-6-8-15)18-13-19(25)24(21(18)27)17-11-9-16(22)10-12-17/h9-12,14-15,18H,3-8,13H2,1-2H3. The lowest BCUT2D eigenvalue weighted by Crippen LogP contribution is -2.52. The Morgan fingerprint density at radius 3 is 2.41 bits per heavy atom. The predicted octanol–water partition coefficient (Wildman–Crippen LogP) is 4.18. The summed E-state index contributed by atoms with van der Waals surface area (Å²) in [5.41, 5.74) is 0.506. The van der Waals surface area contributed by atoms with E-state index in [-0.39, 0.29) is 36.1 Å². The summed E-state index contributed by atoms with van der Waals surface area (Å²) in [6.07, 6.45) is 5.82. The van der Waals surface area contributed by atoms with Gasteiger partial charge in [0, 0.05) is 17.0 Å². The van der Waals surface area contributed by atoms with Crippen molar-refractivity contribution in [2.45, 2.75) is 70.9 Å². The van der Waals surface area contributed by atoms with Gasteiger partial charge in [0.05, 0.1) is 12.1 Å². The summed E-state index contributed by atoms with van der Waals surface area (Å²) in [5.74, 6) is -0.572. The van der Waals surface area contributed by atoms with Gasteiger partial charge in [0.1, 0.15) is 6.04 Å². The maximum absolute atomic E-state index is 13.3. The van der Waals surface area contributed by atoms with Gasteiger partial charge >= 0.3 is 0 Å². The van der Waals surface area contributed by atoms with Crippen molar-refractivity contribution in [2.24, 2.45) is 5.92 Å². The Morgan fingerprint density at radius 1 is 1.19 bits per heavy atom. The van der Waals surface area contributed by atoms with Gasteiger partial charge in [-0.25, -0.2) is 4.90 Å². The molecule has 1 aromatic rings. The minimum Gasteiger partial charge on any atom is -0.327 e. The zero-order valence-electron chi connectivity index (χ0n) is 16.0. The van der Waals surface area contributed by atoms with Crippen molar-refractivity contribution in [1.29, 1.82) is 0 Å². The molecule has 2 fully saturated rings. The zero-order chi connectivity index (χ0) is 19.6. The first-order chi connectivity index (χ1) is 12.9. The normalized spacial score (nSPS) is 22.2. The molecule has 0 bridgehead atoms. The van der Waals surface area contributed by atoms with Crippen LogP contribution in [0.3, 0.4) is 0 Å². The molecular formula is C21H27ClN2O3. The molecule has 0 aromatic heterocycles. The number of rotatable bonds is 5. The second kappa shape index (κ2) is 8.42. The van der Waals surface area contributed by atoms with Gasteiger partial charge in [-0.1, -0.05) is 37.8 Å². The highest BCUT2D eigenvalue weighted by Gasteiger charge is 2.46. The summed E-state index contributed by atoms with van der Waals surface area (Å²) in [7, 11) is 0. The van der Waals surface area contributed by atoms with Gasteiger partial charge in [0.15, 0.2) is 0 Å². The van der Waals surface area contributed by atoms with Crippen LogP contribution in [0.4, 0.5) is 5.69 Å². The van der Waals surface area contributed by atoms with Crippen molar-refractivity contribution in [3.8, 4) is 0 Å². The summed E-state index contributed by atoms with van der Waals surface area (Å²) >= 11 is 5.92. The van der Waals surface area contributed by atoms with Crippen molar-refractivity contribution >= 4 is 35.0 Å². The maximum Gasteiger partial charge on any atom is 0.257 e. The highest BCUT2D eigenvalue weighted by molar-refractivity contribution is 6.30. The molecule has 1 aromatic carbocycles. The lowest BCUT2D eigenvalue weighted by Gasteiger charge is -2.36. The van der Waals surface area contributed by atoms with Crippen molar-refractivity contribution in [1.82, 2.24) is 4.90 Å². The van der Waals surface area contributed by atoms with Gasteiger partial charge in [-0.2, -0.15) is 0 Å². The molecule has 0 radical (unpaired) electrons. The van der Waals surface area contributed by atoms with E-state index in [9.17, 15) is 14.4 Å². The topological polar surface area (TPSA) is 57.7 Å². The zero-order valence-corrected chi connectivity index (χ0v) is 16.7. The summed E-state index contributed by atoms with van der Waals surface area (Å²) in [6.45, 7) is 3.97. The molecule has 1 saturated heterocycles. The Kier molecular flexibility index (Phi) is 6.20. The van der Waals surface area contributed by atoms with E-state index in [1.807, 2.05) is 13.8 Å². The minimum absolute atomic E-state index is 0.0276. The molecule has 2 atom stereocenters. The van der Waals surface area contributed by atoms with Crippen molar-refractivity contribution in [2.75, 3.05) is 4.90 Å². The summed E-state index contributed by atoms with van der Waals surface area (Å²) in [4.78, 5) is 41.9. The fourth-order valence-electron chi connectivity index (χ4n) is 4.13. The van der Waals surface area contributed by atoms with Gasteiger partial charge in [0.25, 0.3) is 5.91 Å². The third-order valence-corrected chi connectivity index (χ3v) is 6.07. The third-order valence-electron chi connectivity index (χ3n) is 5.82. The van der Waals surface area contributed by atoms with Crippen LogP contribution in [-0.4, -0.2) is 34.7 Å². The largest absolute Gasteiger partial charge is 0.327 e. The van der Waals surface area contributed by atoms with E-state index in [1.165, 1.54) is 4.90 Å². The maximum atomic E-state index is 13.3. The Hall–Kier alpha value is -1.88. The van der Waals surface area contributed by atoms with Crippen LogP contribution in [0.15, 0.2) is 24.3 Å². The van der Waals surface area contributed by atoms with Crippen LogP contribution in [0.2, 0.25) is 5.02 Å². The van der Waals surface area contributed by atoms with E-state index < -0.39 is 6.04 Å². The molecular weight excluding hydrogens is 364 g/mol. The van der Waals surface area contributed by atoms with Crippen LogP contribution in [-0.2, 0) is 14.4 Å². The molecule has 6 heteroatoms. The fraction of sp³-hybridized carbons (Fsp3) is 0.571. The van der Waals surface area contributed by atoms with Gasteiger partial charge < -0.3 is 4.90 Å². The molecule has 0 N–H and O–H groups in total. The van der Waals surface area contributed by atoms with Crippen LogP contribution >= 0.6 is 11.6 Å². The molecule has 2 unspecified atom stereocenters. The first-order valence-electron chi connectivity index (χ1n) is 9.88. The van der Waals surface area contributed by atoms with E-state index in [1.54, 1.807) is 29.2 Å². The van der Waals surface area contributed by atoms with Crippen LogP contribution in [0.25, 0.3) is 0 Å². The second-order valence-electron chi connectivity index (χ2n) is 7.60. The summed E-state index contributed by atoms with van der Waals surface area (Å²) in [6, 6.07) is 5.85. The summed E-state index contributed by atoms with van der Waals surface area (Å²) in [5, 5.41) is 0.545. The average molecular weight is 391 g/mol. The molecule has 1 aliphatic carbocycles. The lowest BCUT2D eigenvalue weighted by atomic mass is 9.87. The Morgan fingerprint density at radius 2 is 1.81 bits per heavy atom. The van der Waals surface area contributed by atoms with E-state index in [4.69, 9.17) is 11.6 Å². The summed E-state index contributed by atoms with van der Waals surface area (Å²) < 4.78 is 0. The lowest BCUT2D eigenvalue weighted by molar-refractivity contribution is -0.145. The SMILES string of the molecule is CCC(C)N(C(=O)C1CCCCC1)C1CC(=O)N(c2ccc(Cl)cc2)C1=O. The molecule has 0 spiro atoms. The Labute approximate surface area is 165 Å². The number of nitrogens with zero attached hydrogens (tertiary/aromatic N) is 2. The van der Waals surface area contributed by atoms with E-state index >= 15 is 0 Å². The molecule has 3 amide bonds. The fourth-order valence-corrected chi connectivity index (χ4v) is 4.26. The first kappa shape index (κ1) is 19.9. The second-order valence-corrected chi connectivity index (χ2v) is 8.04. The van der Waals surface area contributed by atoms with E-state index in [0.717, 1.165) is 38.5 Å². The number of amides is 3. The number of benzene rings is 1. The molecule has 146 valence electrons. The molecule has 1 saturated carbocycles. The number of carbonyl (C=O) groups is 3. The number of hydrogen-bond acceptors (Lipinski definition) is 3. The van der Waals surface area contributed by atoms with E-state index in [2.05, 4.69) is 0 Å². The van der Waals surface area contributed by atoms with Crippen LogP contribution in [0, 0.1) is 5.92 Å². The quantitative estimate of drug-likeness (QED) is 0.708. The Bertz CT molecular complexity index is 713.